The molecule has 2 aliphatic rings. The summed E-state index contributed by atoms with van der Waals surface area (Å²) in [5.74, 6) is 0.158. The summed E-state index contributed by atoms with van der Waals surface area (Å²) in [7, 11) is 0. The van der Waals surface area contributed by atoms with Gasteiger partial charge in [0.05, 0.1) is 11.1 Å². The highest BCUT2D eigenvalue weighted by molar-refractivity contribution is 6.06. The predicted molar refractivity (Wildman–Crippen MR) is 86.9 cm³/mol. The van der Waals surface area contributed by atoms with Crippen molar-refractivity contribution < 1.29 is 4.79 Å². The van der Waals surface area contributed by atoms with Crippen molar-refractivity contribution in [3.8, 4) is 0 Å². The van der Waals surface area contributed by atoms with Crippen LogP contribution in [0.25, 0.3) is 10.9 Å². The molecule has 1 N–H and O–H groups in total. The lowest BCUT2D eigenvalue weighted by molar-refractivity contribution is 0.0777. The molecule has 4 nitrogen and oxygen atoms in total. The first kappa shape index (κ1) is 13.7. The normalized spacial score (nSPS) is 24.5. The smallest absolute Gasteiger partial charge is 0.254 e. The minimum atomic E-state index is 0.158. The highest BCUT2D eigenvalue weighted by atomic mass is 16.2. The summed E-state index contributed by atoms with van der Waals surface area (Å²) in [6.45, 7) is 5.84. The molecule has 22 heavy (non-hydrogen) atoms. The second kappa shape index (κ2) is 5.06. The molecule has 4 rings (SSSR count). The molecule has 1 amide bonds. The molecule has 2 aliphatic heterocycles. The van der Waals surface area contributed by atoms with Crippen LogP contribution in [0.4, 0.5) is 0 Å². The van der Waals surface area contributed by atoms with Gasteiger partial charge < -0.3 is 10.2 Å². The van der Waals surface area contributed by atoms with E-state index in [0.29, 0.717) is 5.41 Å². The Hall–Kier alpha value is -1.94. The Labute approximate surface area is 130 Å². The maximum Gasteiger partial charge on any atom is 0.254 e. The quantitative estimate of drug-likeness (QED) is 0.878. The largest absolute Gasteiger partial charge is 0.338 e. The molecule has 114 valence electrons. The number of fused-ring (bicyclic) bond motifs is 1. The molecule has 3 heterocycles. The van der Waals surface area contributed by atoms with Crippen LogP contribution in [-0.4, -0.2) is 42.0 Å². The first-order valence-electron chi connectivity index (χ1n) is 8.03. The zero-order valence-electron chi connectivity index (χ0n) is 12.9. The van der Waals surface area contributed by atoms with Crippen LogP contribution < -0.4 is 5.32 Å². The number of aryl methyl sites for hydroxylation is 1. The topological polar surface area (TPSA) is 45.2 Å². The van der Waals surface area contributed by atoms with Gasteiger partial charge in [-0.05, 0) is 38.4 Å². The average molecular weight is 295 g/mol. The number of aromatic nitrogens is 1. The number of hydrogen-bond donors (Lipinski definition) is 1. The van der Waals surface area contributed by atoms with E-state index in [2.05, 4.69) is 10.3 Å². The standard InChI is InChI=1S/C18H21N3O/c1-13-10-15(14-4-2-3-5-16(14)20-13)17(22)21-9-7-18(12-21)6-8-19-11-18/h2-5,10,19H,6-9,11-12H2,1H3. The summed E-state index contributed by atoms with van der Waals surface area (Å²) < 4.78 is 0. The zero-order valence-corrected chi connectivity index (χ0v) is 12.9. The first-order chi connectivity index (χ1) is 10.7. The molecule has 1 aromatic carbocycles. The molecule has 1 atom stereocenters. The Morgan fingerprint density at radius 2 is 2.18 bits per heavy atom. The predicted octanol–water partition coefficient (Wildman–Crippen LogP) is 2.37. The number of rotatable bonds is 1. The zero-order chi connectivity index (χ0) is 15.2. The summed E-state index contributed by atoms with van der Waals surface area (Å²) in [5, 5.41) is 4.41. The summed E-state index contributed by atoms with van der Waals surface area (Å²) in [5.41, 5.74) is 2.92. The van der Waals surface area contributed by atoms with Crippen LogP contribution in [0.1, 0.15) is 28.9 Å². The van der Waals surface area contributed by atoms with E-state index in [1.165, 1.54) is 6.42 Å². The number of pyridine rings is 1. The third kappa shape index (κ3) is 2.18. The highest BCUT2D eigenvalue weighted by Crippen LogP contribution is 2.37. The van der Waals surface area contributed by atoms with E-state index in [1.807, 2.05) is 42.2 Å². The second-order valence-electron chi connectivity index (χ2n) is 6.73. The third-order valence-corrected chi connectivity index (χ3v) is 5.13. The van der Waals surface area contributed by atoms with Gasteiger partial charge in [-0.2, -0.15) is 0 Å². The molecule has 4 heteroatoms. The average Bonchev–Trinajstić information content (AvgIpc) is 3.16. The van der Waals surface area contributed by atoms with Gasteiger partial charge in [-0.1, -0.05) is 18.2 Å². The fourth-order valence-corrected chi connectivity index (χ4v) is 3.91. The maximum atomic E-state index is 13.0. The monoisotopic (exact) mass is 295 g/mol. The lowest BCUT2D eigenvalue weighted by Gasteiger charge is -2.23. The molecule has 2 fully saturated rings. The van der Waals surface area contributed by atoms with E-state index in [-0.39, 0.29) is 5.91 Å². The van der Waals surface area contributed by atoms with E-state index in [4.69, 9.17) is 0 Å². The van der Waals surface area contributed by atoms with E-state index in [9.17, 15) is 4.79 Å². The van der Waals surface area contributed by atoms with Crippen LogP contribution >= 0.6 is 0 Å². The first-order valence-corrected chi connectivity index (χ1v) is 8.03. The van der Waals surface area contributed by atoms with Crippen molar-refractivity contribution in [3.63, 3.8) is 0 Å². The molecule has 0 saturated carbocycles. The van der Waals surface area contributed by atoms with Gasteiger partial charge >= 0.3 is 0 Å². The number of benzene rings is 1. The van der Waals surface area contributed by atoms with Crippen LogP contribution in [0.3, 0.4) is 0 Å². The van der Waals surface area contributed by atoms with Crippen LogP contribution in [0.15, 0.2) is 30.3 Å². The molecule has 0 aliphatic carbocycles. The van der Waals surface area contributed by atoms with Crippen molar-refractivity contribution in [2.75, 3.05) is 26.2 Å². The van der Waals surface area contributed by atoms with Gasteiger partial charge in [0, 0.05) is 36.1 Å². The number of amides is 1. The molecule has 2 aromatic rings. The van der Waals surface area contributed by atoms with Gasteiger partial charge in [-0.25, -0.2) is 0 Å². The Morgan fingerprint density at radius 3 is 3.00 bits per heavy atom. The van der Waals surface area contributed by atoms with Crippen molar-refractivity contribution in [2.24, 2.45) is 5.41 Å². The van der Waals surface area contributed by atoms with Gasteiger partial charge in [0.25, 0.3) is 5.91 Å². The number of nitrogens with zero attached hydrogens (tertiary/aromatic N) is 2. The van der Waals surface area contributed by atoms with Crippen LogP contribution in [0, 0.1) is 12.3 Å². The van der Waals surface area contributed by atoms with Gasteiger partial charge in [-0.3, -0.25) is 9.78 Å². The van der Waals surface area contributed by atoms with Gasteiger partial charge in [0.2, 0.25) is 0 Å². The van der Waals surface area contributed by atoms with Crippen molar-refractivity contribution in [3.05, 3.63) is 41.6 Å². The Balaban J connectivity index is 1.69. The molecule has 1 spiro atoms. The van der Waals surface area contributed by atoms with Crippen molar-refractivity contribution in [2.45, 2.75) is 19.8 Å². The molecule has 0 radical (unpaired) electrons. The SMILES string of the molecule is Cc1cc(C(=O)N2CCC3(CCNC3)C2)c2ccccc2n1. The molecule has 0 bridgehead atoms. The minimum absolute atomic E-state index is 0.158. The molecular weight excluding hydrogens is 274 g/mol. The Kier molecular flexibility index (Phi) is 3.15. The fourth-order valence-electron chi connectivity index (χ4n) is 3.91. The number of para-hydroxylation sites is 1. The summed E-state index contributed by atoms with van der Waals surface area (Å²) in [6.07, 6.45) is 2.31. The number of carbonyl (C=O) groups excluding carboxylic acids is 1. The minimum Gasteiger partial charge on any atom is -0.338 e. The van der Waals surface area contributed by atoms with Crippen molar-refractivity contribution in [1.82, 2.24) is 15.2 Å². The van der Waals surface area contributed by atoms with E-state index >= 15 is 0 Å². The second-order valence-corrected chi connectivity index (χ2v) is 6.73. The number of carbonyl (C=O) groups is 1. The van der Waals surface area contributed by atoms with Crippen LogP contribution in [0.2, 0.25) is 0 Å². The van der Waals surface area contributed by atoms with Crippen LogP contribution in [0.5, 0.6) is 0 Å². The van der Waals surface area contributed by atoms with E-state index in [1.54, 1.807) is 0 Å². The summed E-state index contributed by atoms with van der Waals surface area (Å²) in [6, 6.07) is 9.85. The number of likely N-dealkylation sites (tertiary alicyclic amines) is 1. The van der Waals surface area contributed by atoms with Gasteiger partial charge in [-0.15, -0.1) is 0 Å². The van der Waals surface area contributed by atoms with Crippen molar-refractivity contribution >= 4 is 16.8 Å². The summed E-state index contributed by atoms with van der Waals surface area (Å²) in [4.78, 5) is 19.6. The third-order valence-electron chi connectivity index (χ3n) is 5.13. The van der Waals surface area contributed by atoms with Gasteiger partial charge in [0.1, 0.15) is 0 Å². The molecular formula is C18H21N3O. The van der Waals surface area contributed by atoms with E-state index in [0.717, 1.165) is 54.8 Å². The van der Waals surface area contributed by atoms with Crippen LogP contribution in [-0.2, 0) is 0 Å². The highest BCUT2D eigenvalue weighted by Gasteiger charge is 2.42. The molecule has 1 aromatic heterocycles. The number of hydrogen-bond acceptors (Lipinski definition) is 3. The lowest BCUT2D eigenvalue weighted by Crippen LogP contribution is -2.33. The maximum absolute atomic E-state index is 13.0. The lowest BCUT2D eigenvalue weighted by atomic mass is 9.86. The molecule has 2 saturated heterocycles. The van der Waals surface area contributed by atoms with Crippen molar-refractivity contribution in [1.29, 1.82) is 0 Å². The fraction of sp³-hybridized carbons (Fsp3) is 0.444. The number of nitrogens with one attached hydrogen (secondary N) is 1. The Morgan fingerprint density at radius 1 is 1.32 bits per heavy atom. The van der Waals surface area contributed by atoms with Gasteiger partial charge in [0.15, 0.2) is 0 Å². The summed E-state index contributed by atoms with van der Waals surface area (Å²) >= 11 is 0. The molecule has 1 unspecified atom stereocenters. The van der Waals surface area contributed by atoms with E-state index < -0.39 is 0 Å². The Bertz CT molecular complexity index is 734.